The number of alkyl halides is 3. The Balaban J connectivity index is 2.77. The van der Waals surface area contributed by atoms with Gasteiger partial charge in [0.2, 0.25) is 0 Å². The Morgan fingerprint density at radius 3 is 2.56 bits per heavy atom. The van der Waals surface area contributed by atoms with E-state index in [0.29, 0.717) is 0 Å². The standard InChI is InChI=1S/C11H13F3O3S/c1-6(2)8-5-7(9(18-8)10(15)16)17-4-3-11(12,13)14/h5-6H,3-4H2,1-2H3,(H,15,16). The lowest BCUT2D eigenvalue weighted by atomic mass is 10.2. The largest absolute Gasteiger partial charge is 0.491 e. The third-order valence-electron chi connectivity index (χ3n) is 2.12. The summed E-state index contributed by atoms with van der Waals surface area (Å²) in [6.45, 7) is 3.17. The lowest BCUT2D eigenvalue weighted by Gasteiger charge is -2.07. The summed E-state index contributed by atoms with van der Waals surface area (Å²) in [5, 5.41) is 8.93. The van der Waals surface area contributed by atoms with Crippen LogP contribution in [0.3, 0.4) is 0 Å². The minimum Gasteiger partial charge on any atom is -0.491 e. The van der Waals surface area contributed by atoms with Gasteiger partial charge in [0.15, 0.2) is 4.88 Å². The fraction of sp³-hybridized carbons (Fsp3) is 0.545. The molecule has 0 unspecified atom stereocenters. The van der Waals surface area contributed by atoms with E-state index < -0.39 is 25.2 Å². The maximum atomic E-state index is 12.0. The lowest BCUT2D eigenvalue weighted by Crippen LogP contribution is -2.13. The Kier molecular flexibility index (Phi) is 4.61. The van der Waals surface area contributed by atoms with Crippen LogP contribution in [0.15, 0.2) is 6.07 Å². The van der Waals surface area contributed by atoms with Gasteiger partial charge in [-0.1, -0.05) is 13.8 Å². The maximum absolute atomic E-state index is 12.0. The normalized spacial score (nSPS) is 11.9. The number of carboxylic acid groups (broad SMARTS) is 1. The fourth-order valence-corrected chi connectivity index (χ4v) is 2.15. The Labute approximate surface area is 106 Å². The molecule has 1 heterocycles. The van der Waals surface area contributed by atoms with Crippen LogP contribution in [0.2, 0.25) is 0 Å². The Morgan fingerprint density at radius 1 is 1.50 bits per heavy atom. The van der Waals surface area contributed by atoms with Crippen LogP contribution >= 0.6 is 11.3 Å². The summed E-state index contributed by atoms with van der Waals surface area (Å²) in [5.74, 6) is -1.07. The SMILES string of the molecule is CC(C)c1cc(OCCC(F)(F)F)c(C(=O)O)s1. The molecule has 0 aromatic carbocycles. The highest BCUT2D eigenvalue weighted by atomic mass is 32.1. The maximum Gasteiger partial charge on any atom is 0.392 e. The van der Waals surface area contributed by atoms with Crippen molar-refractivity contribution in [3.8, 4) is 5.75 Å². The molecule has 0 aliphatic rings. The number of thiophene rings is 1. The van der Waals surface area contributed by atoms with Crippen LogP contribution in [0.5, 0.6) is 5.75 Å². The van der Waals surface area contributed by atoms with Crippen LogP contribution in [0.4, 0.5) is 13.2 Å². The third-order valence-corrected chi connectivity index (χ3v) is 3.53. The second kappa shape index (κ2) is 5.60. The summed E-state index contributed by atoms with van der Waals surface area (Å²) in [7, 11) is 0. The molecule has 0 amide bonds. The molecule has 0 saturated carbocycles. The highest BCUT2D eigenvalue weighted by Gasteiger charge is 2.27. The number of aromatic carboxylic acids is 1. The van der Waals surface area contributed by atoms with E-state index in [4.69, 9.17) is 9.84 Å². The van der Waals surface area contributed by atoms with Crippen molar-refractivity contribution in [1.29, 1.82) is 0 Å². The second-order valence-corrected chi connectivity index (χ2v) is 5.10. The van der Waals surface area contributed by atoms with Crippen molar-refractivity contribution in [1.82, 2.24) is 0 Å². The van der Waals surface area contributed by atoms with Crippen molar-refractivity contribution >= 4 is 17.3 Å². The molecule has 3 nitrogen and oxygen atoms in total. The molecule has 102 valence electrons. The first-order valence-corrected chi connectivity index (χ1v) is 6.09. The van der Waals surface area contributed by atoms with Gasteiger partial charge >= 0.3 is 12.1 Å². The average molecular weight is 282 g/mol. The first kappa shape index (κ1) is 14.8. The van der Waals surface area contributed by atoms with Crippen molar-refractivity contribution in [3.05, 3.63) is 15.8 Å². The lowest BCUT2D eigenvalue weighted by molar-refractivity contribution is -0.139. The van der Waals surface area contributed by atoms with Crippen molar-refractivity contribution in [2.45, 2.75) is 32.4 Å². The van der Waals surface area contributed by atoms with Gasteiger partial charge in [0, 0.05) is 4.88 Å². The molecule has 1 rings (SSSR count). The van der Waals surface area contributed by atoms with Crippen molar-refractivity contribution in [2.24, 2.45) is 0 Å². The molecule has 7 heteroatoms. The van der Waals surface area contributed by atoms with Crippen molar-refractivity contribution in [2.75, 3.05) is 6.61 Å². The highest BCUT2D eigenvalue weighted by molar-refractivity contribution is 7.14. The topological polar surface area (TPSA) is 46.5 Å². The molecule has 0 aliphatic heterocycles. The van der Waals surface area contributed by atoms with Crippen LogP contribution < -0.4 is 4.74 Å². The van der Waals surface area contributed by atoms with Crippen LogP contribution in [-0.2, 0) is 0 Å². The van der Waals surface area contributed by atoms with Gasteiger partial charge in [0.05, 0.1) is 13.0 Å². The minimum absolute atomic E-state index is 0.0143. The first-order valence-electron chi connectivity index (χ1n) is 5.27. The Hall–Kier alpha value is -1.24. The van der Waals surface area contributed by atoms with Gasteiger partial charge in [-0.2, -0.15) is 13.2 Å². The van der Waals surface area contributed by atoms with Gasteiger partial charge in [0.1, 0.15) is 5.75 Å². The van der Waals surface area contributed by atoms with Crippen LogP contribution in [0.25, 0.3) is 0 Å². The molecule has 0 radical (unpaired) electrons. The van der Waals surface area contributed by atoms with E-state index in [1.54, 1.807) is 0 Å². The molecule has 0 spiro atoms. The van der Waals surface area contributed by atoms with Gasteiger partial charge in [0.25, 0.3) is 0 Å². The molecule has 1 N–H and O–H groups in total. The highest BCUT2D eigenvalue weighted by Crippen LogP contribution is 2.34. The molecule has 0 aliphatic carbocycles. The summed E-state index contributed by atoms with van der Waals surface area (Å²) < 4.78 is 40.8. The number of carbonyl (C=O) groups is 1. The molecule has 18 heavy (non-hydrogen) atoms. The number of halogens is 3. The smallest absolute Gasteiger partial charge is 0.392 e. The Morgan fingerprint density at radius 2 is 2.11 bits per heavy atom. The molecule has 1 aromatic heterocycles. The molecule has 0 saturated heterocycles. The van der Waals surface area contributed by atoms with E-state index >= 15 is 0 Å². The molecular weight excluding hydrogens is 269 g/mol. The zero-order valence-electron chi connectivity index (χ0n) is 9.87. The molecule has 0 atom stereocenters. The summed E-state index contributed by atoms with van der Waals surface area (Å²) in [6.07, 6.45) is -5.40. The quantitative estimate of drug-likeness (QED) is 0.890. The van der Waals surface area contributed by atoms with Gasteiger partial charge in [-0.3, -0.25) is 0 Å². The fourth-order valence-electron chi connectivity index (χ4n) is 1.21. The molecule has 1 aromatic rings. The van der Waals surface area contributed by atoms with Crippen LogP contribution in [0, 0.1) is 0 Å². The number of carboxylic acids is 1. The van der Waals surface area contributed by atoms with Gasteiger partial charge < -0.3 is 9.84 Å². The van der Waals surface area contributed by atoms with E-state index in [1.807, 2.05) is 13.8 Å². The molecule has 0 bridgehead atoms. The van der Waals surface area contributed by atoms with E-state index in [2.05, 4.69) is 0 Å². The number of ether oxygens (including phenoxy) is 1. The minimum atomic E-state index is -4.31. The average Bonchev–Trinajstić information content (AvgIpc) is 2.59. The van der Waals surface area contributed by atoms with Gasteiger partial charge in [-0.25, -0.2) is 4.79 Å². The summed E-state index contributed by atoms with van der Waals surface area (Å²) >= 11 is 1.03. The van der Waals surface area contributed by atoms with Gasteiger partial charge in [-0.05, 0) is 12.0 Å². The Bertz CT molecular complexity index is 424. The monoisotopic (exact) mass is 282 g/mol. The van der Waals surface area contributed by atoms with E-state index in [1.165, 1.54) is 6.07 Å². The predicted octanol–water partition coefficient (Wildman–Crippen LogP) is 3.90. The zero-order chi connectivity index (χ0) is 13.9. The number of hydrogen-bond acceptors (Lipinski definition) is 3. The van der Waals surface area contributed by atoms with Crippen LogP contribution in [0.1, 0.15) is 40.7 Å². The van der Waals surface area contributed by atoms with Crippen LogP contribution in [-0.4, -0.2) is 23.9 Å². The third kappa shape index (κ3) is 4.21. The second-order valence-electron chi connectivity index (χ2n) is 4.02. The van der Waals surface area contributed by atoms with E-state index in [-0.39, 0.29) is 16.5 Å². The first-order chi connectivity index (χ1) is 8.20. The predicted molar refractivity (Wildman–Crippen MR) is 61.5 cm³/mol. The molecular formula is C11H13F3O3S. The summed E-state index contributed by atoms with van der Waals surface area (Å²) in [6, 6.07) is 1.50. The van der Waals surface area contributed by atoms with E-state index in [9.17, 15) is 18.0 Å². The van der Waals surface area contributed by atoms with Crippen molar-refractivity contribution in [3.63, 3.8) is 0 Å². The summed E-state index contributed by atoms with van der Waals surface area (Å²) in [5.41, 5.74) is 0. The zero-order valence-corrected chi connectivity index (χ0v) is 10.7. The number of rotatable bonds is 5. The van der Waals surface area contributed by atoms with Gasteiger partial charge in [-0.15, -0.1) is 11.3 Å². The van der Waals surface area contributed by atoms with Crippen molar-refractivity contribution < 1.29 is 27.8 Å². The number of hydrogen-bond donors (Lipinski definition) is 1. The molecule has 0 fully saturated rings. The van der Waals surface area contributed by atoms with E-state index in [0.717, 1.165) is 16.2 Å². The summed E-state index contributed by atoms with van der Waals surface area (Å²) in [4.78, 5) is 11.6.